The molecule has 282 valence electrons. The molecular formula is C41H46N6O7. The molecule has 0 spiro atoms. The highest BCUT2D eigenvalue weighted by molar-refractivity contribution is 5.92. The Labute approximate surface area is 314 Å². The SMILES string of the molecule is CC1(C)COC(=O)[C@@H]2CCCN(N2)C(=O)[C@@H](NC(=O)OC(C)(C)C)Cc2cc(NC(=O)OCc3ccccc3)cc(c2)-c2ccc3c(C#N)cn(c3c2)C1. The van der Waals surface area contributed by atoms with E-state index in [4.69, 9.17) is 14.2 Å². The monoisotopic (exact) mass is 734 g/mol. The molecule has 3 aromatic carbocycles. The van der Waals surface area contributed by atoms with Crippen LogP contribution in [-0.2, 0) is 43.4 Å². The third kappa shape index (κ3) is 9.37. The number of ether oxygens (including phenoxy) is 3. The van der Waals surface area contributed by atoms with Crippen LogP contribution in [0.5, 0.6) is 0 Å². The van der Waals surface area contributed by atoms with Gasteiger partial charge in [-0.2, -0.15) is 5.26 Å². The minimum absolute atomic E-state index is 0.0122. The molecule has 13 heteroatoms. The van der Waals surface area contributed by atoms with Gasteiger partial charge >= 0.3 is 18.2 Å². The second-order valence-corrected chi connectivity index (χ2v) is 15.6. The third-order valence-electron chi connectivity index (χ3n) is 9.16. The van der Waals surface area contributed by atoms with E-state index in [1.54, 1.807) is 26.8 Å². The van der Waals surface area contributed by atoms with E-state index in [9.17, 15) is 24.4 Å². The van der Waals surface area contributed by atoms with Crippen molar-refractivity contribution in [1.29, 1.82) is 5.26 Å². The zero-order chi connectivity index (χ0) is 38.6. The summed E-state index contributed by atoms with van der Waals surface area (Å²) in [5, 5.41) is 17.7. The molecule has 1 saturated heterocycles. The maximum atomic E-state index is 14.2. The summed E-state index contributed by atoms with van der Waals surface area (Å²) in [7, 11) is 0. The molecule has 6 bridgehead atoms. The number of hydrogen-bond donors (Lipinski definition) is 3. The van der Waals surface area contributed by atoms with Crippen LogP contribution in [0.15, 0.2) is 72.9 Å². The largest absolute Gasteiger partial charge is 0.464 e. The number of fused-ring (bicyclic) bond motifs is 6. The molecule has 13 nitrogen and oxygen atoms in total. The fraction of sp³-hybridized carbons (Fsp3) is 0.390. The lowest BCUT2D eigenvalue weighted by atomic mass is 9.94. The Kier molecular flexibility index (Phi) is 11.0. The van der Waals surface area contributed by atoms with Gasteiger partial charge in [-0.3, -0.25) is 19.9 Å². The van der Waals surface area contributed by atoms with Crippen LogP contribution in [0.1, 0.15) is 64.2 Å². The molecule has 4 aromatic rings. The molecule has 2 atom stereocenters. The van der Waals surface area contributed by atoms with Crippen LogP contribution in [0.25, 0.3) is 22.0 Å². The van der Waals surface area contributed by atoms with Crippen molar-refractivity contribution in [2.45, 2.75) is 84.7 Å². The number of anilines is 1. The highest BCUT2D eigenvalue weighted by Gasteiger charge is 2.35. The number of esters is 1. The fourth-order valence-corrected chi connectivity index (χ4v) is 6.68. The average Bonchev–Trinajstić information content (AvgIpc) is 3.47. The summed E-state index contributed by atoms with van der Waals surface area (Å²) in [4.78, 5) is 53.8. The number of nitrogens with one attached hydrogen (secondary N) is 3. The molecule has 0 saturated carbocycles. The molecule has 3 N–H and O–H groups in total. The maximum Gasteiger partial charge on any atom is 0.411 e. The first-order chi connectivity index (χ1) is 25.7. The molecular weight excluding hydrogens is 688 g/mol. The van der Waals surface area contributed by atoms with Crippen molar-refractivity contribution in [2.24, 2.45) is 5.41 Å². The number of hydrazine groups is 1. The lowest BCUT2D eigenvalue weighted by Gasteiger charge is -2.35. The van der Waals surface area contributed by atoms with Crippen LogP contribution in [0.4, 0.5) is 15.3 Å². The Morgan fingerprint density at radius 2 is 1.81 bits per heavy atom. The molecule has 1 fully saturated rings. The van der Waals surface area contributed by atoms with Crippen LogP contribution in [0.2, 0.25) is 0 Å². The van der Waals surface area contributed by atoms with E-state index in [1.165, 1.54) is 5.01 Å². The van der Waals surface area contributed by atoms with Gasteiger partial charge in [-0.15, -0.1) is 0 Å². The van der Waals surface area contributed by atoms with Crippen LogP contribution in [0, 0.1) is 16.7 Å². The Morgan fingerprint density at radius 1 is 1.04 bits per heavy atom. The summed E-state index contributed by atoms with van der Waals surface area (Å²) in [5.41, 5.74) is 6.35. The lowest BCUT2D eigenvalue weighted by Crippen LogP contribution is -2.60. The number of alkyl carbamates (subject to hydrolysis) is 1. The van der Waals surface area contributed by atoms with Crippen LogP contribution >= 0.6 is 0 Å². The average molecular weight is 735 g/mol. The van der Waals surface area contributed by atoms with E-state index >= 15 is 0 Å². The van der Waals surface area contributed by atoms with Gasteiger partial charge in [-0.05, 0) is 74.1 Å². The molecule has 54 heavy (non-hydrogen) atoms. The zero-order valence-corrected chi connectivity index (χ0v) is 31.2. The van der Waals surface area contributed by atoms with E-state index in [-0.39, 0.29) is 19.6 Å². The van der Waals surface area contributed by atoms with Crippen molar-refractivity contribution in [2.75, 3.05) is 18.5 Å². The van der Waals surface area contributed by atoms with Gasteiger partial charge in [-0.25, -0.2) is 15.0 Å². The number of amides is 3. The van der Waals surface area contributed by atoms with Crippen molar-refractivity contribution in [1.82, 2.24) is 20.3 Å². The molecule has 2 aliphatic rings. The molecule has 1 aromatic heterocycles. The summed E-state index contributed by atoms with van der Waals surface area (Å²) >= 11 is 0. The van der Waals surface area contributed by atoms with Gasteiger partial charge in [-0.1, -0.05) is 62.4 Å². The number of nitriles is 1. The standard InChI is InChI=1S/C41H46N6O7/c1-40(2,3)54-39(51)44-34-18-27-16-29(19-31(17-27)43-38(50)52-23-26-10-7-6-8-11-26)28-13-14-32-30(21-42)22-46(35(32)20-28)24-41(4,5)25-53-37(49)33-12-9-15-47(45-33)36(34)48/h6-8,10-11,13-14,16-17,19-20,22,33-34,45H,9,12,15,18,23-25H2,1-5H3,(H,43,50)(H,44,51)/t33-,34-/m0/s1. The Balaban J connectivity index is 1.44. The summed E-state index contributed by atoms with van der Waals surface area (Å²) in [6, 6.07) is 20.9. The van der Waals surface area contributed by atoms with Gasteiger partial charge in [0.05, 0.1) is 17.7 Å². The quantitative estimate of drug-likeness (QED) is 0.158. The summed E-state index contributed by atoms with van der Waals surface area (Å²) < 4.78 is 18.9. The molecule has 2 aliphatic heterocycles. The summed E-state index contributed by atoms with van der Waals surface area (Å²) in [6.45, 7) is 10.1. The zero-order valence-electron chi connectivity index (χ0n) is 31.2. The predicted octanol–water partition coefficient (Wildman–Crippen LogP) is 6.44. The highest BCUT2D eigenvalue weighted by Crippen LogP contribution is 2.33. The van der Waals surface area contributed by atoms with Crippen LogP contribution in [-0.4, -0.2) is 64.5 Å². The van der Waals surface area contributed by atoms with E-state index in [0.29, 0.717) is 48.3 Å². The number of hydrogen-bond acceptors (Lipinski definition) is 9. The van der Waals surface area contributed by atoms with E-state index < -0.39 is 47.2 Å². The molecule has 3 heterocycles. The number of cyclic esters (lactones) is 1. The molecule has 3 amide bonds. The summed E-state index contributed by atoms with van der Waals surface area (Å²) in [6.07, 6.45) is 1.36. The first-order valence-electron chi connectivity index (χ1n) is 18.1. The molecule has 6 rings (SSSR count). The molecule has 0 unspecified atom stereocenters. The predicted molar refractivity (Wildman–Crippen MR) is 202 cm³/mol. The van der Waals surface area contributed by atoms with Gasteiger partial charge in [0.1, 0.15) is 30.4 Å². The van der Waals surface area contributed by atoms with Gasteiger partial charge in [0.15, 0.2) is 0 Å². The summed E-state index contributed by atoms with van der Waals surface area (Å²) in [5.74, 6) is -0.955. The van der Waals surface area contributed by atoms with Gasteiger partial charge in [0.2, 0.25) is 0 Å². The molecule has 0 radical (unpaired) electrons. The van der Waals surface area contributed by atoms with Crippen molar-refractivity contribution >= 4 is 40.7 Å². The number of carbonyl (C=O) groups is 4. The second-order valence-electron chi connectivity index (χ2n) is 15.6. The van der Waals surface area contributed by atoms with Gasteiger partial charge in [0.25, 0.3) is 5.91 Å². The number of rotatable bonds is 4. The first-order valence-corrected chi connectivity index (χ1v) is 18.1. The smallest absolute Gasteiger partial charge is 0.411 e. The van der Waals surface area contributed by atoms with Crippen LogP contribution < -0.4 is 16.1 Å². The Morgan fingerprint density at radius 3 is 2.56 bits per heavy atom. The normalized spacial score (nSPS) is 18.9. The van der Waals surface area contributed by atoms with Crippen LogP contribution in [0.3, 0.4) is 0 Å². The number of benzene rings is 3. The lowest BCUT2D eigenvalue weighted by molar-refractivity contribution is -0.155. The molecule has 0 aliphatic carbocycles. The minimum atomic E-state index is -1.12. The Bertz CT molecular complexity index is 2100. The topological polar surface area (TPSA) is 164 Å². The maximum absolute atomic E-state index is 14.2. The van der Waals surface area contributed by atoms with Crippen molar-refractivity contribution in [3.05, 3.63) is 89.6 Å². The number of nitrogens with zero attached hydrogens (tertiary/aromatic N) is 3. The van der Waals surface area contributed by atoms with Gasteiger partial charge < -0.3 is 24.1 Å². The fourth-order valence-electron chi connectivity index (χ4n) is 6.68. The second kappa shape index (κ2) is 15.6. The van der Waals surface area contributed by atoms with E-state index in [2.05, 4.69) is 22.1 Å². The first kappa shape index (κ1) is 37.9. The third-order valence-corrected chi connectivity index (χ3v) is 9.16. The number of aromatic nitrogens is 1. The van der Waals surface area contributed by atoms with E-state index in [1.807, 2.05) is 85.3 Å². The Hall–Kier alpha value is -5.87. The number of carbonyl (C=O) groups excluding carboxylic acids is 4. The van der Waals surface area contributed by atoms with E-state index in [0.717, 1.165) is 22.0 Å². The van der Waals surface area contributed by atoms with Crippen molar-refractivity contribution in [3.8, 4) is 17.2 Å². The minimum Gasteiger partial charge on any atom is -0.464 e. The van der Waals surface area contributed by atoms with Gasteiger partial charge in [0, 0.05) is 42.2 Å². The van der Waals surface area contributed by atoms with Crippen molar-refractivity contribution < 1.29 is 33.4 Å². The van der Waals surface area contributed by atoms with Crippen molar-refractivity contribution in [3.63, 3.8) is 0 Å². The highest BCUT2D eigenvalue weighted by atomic mass is 16.6.